The molecule has 0 atom stereocenters. The van der Waals surface area contributed by atoms with E-state index in [4.69, 9.17) is 4.74 Å². The first-order chi connectivity index (χ1) is 11.5. The molecule has 0 radical (unpaired) electrons. The summed E-state index contributed by atoms with van der Waals surface area (Å²) in [5, 5.41) is 3.43. The van der Waals surface area contributed by atoms with Crippen molar-refractivity contribution in [2.24, 2.45) is 0 Å². The van der Waals surface area contributed by atoms with Crippen LogP contribution in [0.3, 0.4) is 0 Å². The van der Waals surface area contributed by atoms with Crippen LogP contribution in [0.1, 0.15) is 43.6 Å². The molecule has 0 aliphatic carbocycles. The summed E-state index contributed by atoms with van der Waals surface area (Å²) in [6, 6.07) is 15.6. The maximum absolute atomic E-state index is 12.5. The fourth-order valence-corrected chi connectivity index (χ4v) is 3.20. The van der Waals surface area contributed by atoms with Crippen LogP contribution in [-0.2, 0) is 6.54 Å². The molecule has 3 nitrogen and oxygen atoms in total. The van der Waals surface area contributed by atoms with E-state index in [1.165, 1.54) is 0 Å². The summed E-state index contributed by atoms with van der Waals surface area (Å²) in [5.41, 5.74) is 1.78. The zero-order valence-corrected chi connectivity index (χ0v) is 15.5. The highest BCUT2D eigenvalue weighted by Gasteiger charge is 2.12. The number of amides is 1. The van der Waals surface area contributed by atoms with Crippen LogP contribution in [0.2, 0.25) is 0 Å². The van der Waals surface area contributed by atoms with Gasteiger partial charge in [0.05, 0.1) is 11.7 Å². The molecule has 0 fully saturated rings. The minimum absolute atomic E-state index is 0.0405. The predicted octanol–water partition coefficient (Wildman–Crippen LogP) is 4.90. The molecule has 2 aromatic rings. The van der Waals surface area contributed by atoms with Crippen LogP contribution in [0.15, 0.2) is 53.4 Å². The zero-order chi connectivity index (χ0) is 17.5. The van der Waals surface area contributed by atoms with Crippen molar-refractivity contribution >= 4 is 17.7 Å². The molecule has 0 unspecified atom stereocenters. The lowest BCUT2D eigenvalue weighted by molar-refractivity contribution is 0.0948. The van der Waals surface area contributed by atoms with Gasteiger partial charge in [0.15, 0.2) is 0 Å². The summed E-state index contributed by atoms with van der Waals surface area (Å²) < 4.78 is 5.63. The summed E-state index contributed by atoms with van der Waals surface area (Å²) >= 11 is 1.71. The Labute approximate surface area is 148 Å². The van der Waals surface area contributed by atoms with Gasteiger partial charge in [0.25, 0.3) is 5.91 Å². The third kappa shape index (κ3) is 5.60. The van der Waals surface area contributed by atoms with Crippen molar-refractivity contribution in [2.45, 2.75) is 50.5 Å². The number of thioether (sulfide) groups is 1. The van der Waals surface area contributed by atoms with E-state index < -0.39 is 0 Å². The van der Waals surface area contributed by atoms with Gasteiger partial charge in [-0.2, -0.15) is 0 Å². The molecule has 24 heavy (non-hydrogen) atoms. The van der Waals surface area contributed by atoms with Crippen molar-refractivity contribution < 1.29 is 9.53 Å². The number of carbonyl (C=O) groups is 1. The molecule has 0 saturated carbocycles. The van der Waals surface area contributed by atoms with Crippen molar-refractivity contribution in [3.8, 4) is 5.75 Å². The molecule has 128 valence electrons. The molecular weight excluding hydrogens is 318 g/mol. The monoisotopic (exact) mass is 343 g/mol. The Kier molecular flexibility index (Phi) is 6.73. The van der Waals surface area contributed by atoms with Gasteiger partial charge >= 0.3 is 0 Å². The number of hydrogen-bond acceptors (Lipinski definition) is 3. The van der Waals surface area contributed by atoms with Crippen LogP contribution in [0.25, 0.3) is 0 Å². The minimum atomic E-state index is -0.0405. The summed E-state index contributed by atoms with van der Waals surface area (Å²) in [7, 11) is 0. The molecule has 2 rings (SSSR count). The van der Waals surface area contributed by atoms with E-state index in [2.05, 4.69) is 19.2 Å². The molecular formula is C20H25NO2S. The second kappa shape index (κ2) is 8.78. The predicted molar refractivity (Wildman–Crippen MR) is 101 cm³/mol. The van der Waals surface area contributed by atoms with Gasteiger partial charge in [0.2, 0.25) is 0 Å². The van der Waals surface area contributed by atoms with Gasteiger partial charge in [-0.05, 0) is 43.7 Å². The number of rotatable bonds is 7. The van der Waals surface area contributed by atoms with Crippen molar-refractivity contribution in [2.75, 3.05) is 0 Å². The Morgan fingerprint density at radius 3 is 2.33 bits per heavy atom. The average Bonchev–Trinajstić information content (AvgIpc) is 2.53. The lowest BCUT2D eigenvalue weighted by Gasteiger charge is -2.12. The SMILES string of the molecule is CC(C)Oc1ccc(CNC(=O)c2ccccc2SC(C)C)cc1. The van der Waals surface area contributed by atoms with E-state index in [0.717, 1.165) is 21.8 Å². The molecule has 0 bridgehead atoms. The summed E-state index contributed by atoms with van der Waals surface area (Å²) in [6.45, 7) is 8.75. The number of ether oxygens (including phenoxy) is 1. The highest BCUT2D eigenvalue weighted by molar-refractivity contribution is 8.00. The highest BCUT2D eigenvalue weighted by Crippen LogP contribution is 2.26. The second-order valence-corrected chi connectivity index (χ2v) is 7.77. The number of hydrogen-bond donors (Lipinski definition) is 1. The molecule has 4 heteroatoms. The molecule has 0 aliphatic rings. The van der Waals surface area contributed by atoms with Crippen molar-refractivity contribution in [3.63, 3.8) is 0 Å². The molecule has 1 amide bonds. The van der Waals surface area contributed by atoms with E-state index in [1.807, 2.05) is 62.4 Å². The quantitative estimate of drug-likeness (QED) is 0.726. The molecule has 0 saturated heterocycles. The Hall–Kier alpha value is -1.94. The molecule has 0 aromatic heterocycles. The van der Waals surface area contributed by atoms with Gasteiger partial charge in [-0.1, -0.05) is 38.1 Å². The third-order valence-electron chi connectivity index (χ3n) is 3.24. The van der Waals surface area contributed by atoms with Crippen molar-refractivity contribution in [1.29, 1.82) is 0 Å². The van der Waals surface area contributed by atoms with Crippen LogP contribution in [0.5, 0.6) is 5.75 Å². The maximum Gasteiger partial charge on any atom is 0.252 e. The Morgan fingerprint density at radius 1 is 1.04 bits per heavy atom. The first kappa shape index (κ1) is 18.4. The normalized spacial score (nSPS) is 10.9. The van der Waals surface area contributed by atoms with Gasteiger partial charge in [-0.15, -0.1) is 11.8 Å². The van der Waals surface area contributed by atoms with Gasteiger partial charge in [-0.25, -0.2) is 0 Å². The van der Waals surface area contributed by atoms with Crippen LogP contribution in [0.4, 0.5) is 0 Å². The third-order valence-corrected chi connectivity index (χ3v) is 4.32. The Morgan fingerprint density at radius 2 is 1.71 bits per heavy atom. The fourth-order valence-electron chi connectivity index (χ4n) is 2.25. The highest BCUT2D eigenvalue weighted by atomic mass is 32.2. The number of nitrogens with one attached hydrogen (secondary N) is 1. The van der Waals surface area contributed by atoms with E-state index in [-0.39, 0.29) is 12.0 Å². The smallest absolute Gasteiger partial charge is 0.252 e. The lowest BCUT2D eigenvalue weighted by atomic mass is 10.2. The first-order valence-electron chi connectivity index (χ1n) is 8.25. The van der Waals surface area contributed by atoms with Crippen LogP contribution >= 0.6 is 11.8 Å². The molecule has 0 heterocycles. The largest absolute Gasteiger partial charge is 0.491 e. The summed E-state index contributed by atoms with van der Waals surface area (Å²) in [6.07, 6.45) is 0.158. The Balaban J connectivity index is 1.98. The zero-order valence-electron chi connectivity index (χ0n) is 14.7. The van der Waals surface area contributed by atoms with Crippen molar-refractivity contribution in [3.05, 3.63) is 59.7 Å². The molecule has 2 aromatic carbocycles. The van der Waals surface area contributed by atoms with Crippen LogP contribution in [-0.4, -0.2) is 17.3 Å². The minimum Gasteiger partial charge on any atom is -0.491 e. The average molecular weight is 343 g/mol. The topological polar surface area (TPSA) is 38.3 Å². The Bertz CT molecular complexity index is 666. The van der Waals surface area contributed by atoms with E-state index >= 15 is 0 Å². The van der Waals surface area contributed by atoms with E-state index in [1.54, 1.807) is 11.8 Å². The molecule has 0 spiro atoms. The van der Waals surface area contributed by atoms with Gasteiger partial charge in [0, 0.05) is 16.7 Å². The van der Waals surface area contributed by atoms with Gasteiger partial charge in [-0.3, -0.25) is 4.79 Å². The summed E-state index contributed by atoms with van der Waals surface area (Å²) in [5.74, 6) is 0.806. The fraction of sp³-hybridized carbons (Fsp3) is 0.350. The van der Waals surface area contributed by atoms with E-state index in [9.17, 15) is 4.79 Å². The molecule has 0 aliphatic heterocycles. The summed E-state index contributed by atoms with van der Waals surface area (Å²) in [4.78, 5) is 13.5. The number of benzene rings is 2. The van der Waals surface area contributed by atoms with Gasteiger partial charge in [0.1, 0.15) is 5.75 Å². The first-order valence-corrected chi connectivity index (χ1v) is 9.13. The van der Waals surface area contributed by atoms with Crippen LogP contribution in [0, 0.1) is 0 Å². The molecule has 1 N–H and O–H groups in total. The number of carbonyl (C=O) groups excluding carboxylic acids is 1. The van der Waals surface area contributed by atoms with Gasteiger partial charge < -0.3 is 10.1 Å². The maximum atomic E-state index is 12.5. The lowest BCUT2D eigenvalue weighted by Crippen LogP contribution is -2.23. The van der Waals surface area contributed by atoms with Crippen LogP contribution < -0.4 is 10.1 Å². The second-order valence-electron chi connectivity index (χ2n) is 6.16. The van der Waals surface area contributed by atoms with Crippen molar-refractivity contribution in [1.82, 2.24) is 5.32 Å². The van der Waals surface area contributed by atoms with E-state index in [0.29, 0.717) is 11.8 Å². The standard InChI is InChI=1S/C20H25NO2S/c1-14(2)23-17-11-9-16(10-12-17)13-21-20(22)18-7-5-6-8-19(18)24-15(3)4/h5-12,14-15H,13H2,1-4H3,(H,21,22).